The van der Waals surface area contributed by atoms with Crippen molar-refractivity contribution in [1.29, 1.82) is 0 Å². The third-order valence-corrected chi connectivity index (χ3v) is 3.43. The first-order chi connectivity index (χ1) is 6.20. The molecule has 0 aliphatic heterocycles. The normalized spacial score (nSPS) is 12.5. The second kappa shape index (κ2) is 8.93. The molecule has 1 unspecified atom stereocenters. The Morgan fingerprint density at radius 3 is 2.77 bits per heavy atom. The first-order valence-electron chi connectivity index (χ1n) is 4.19. The van der Waals surface area contributed by atoms with E-state index in [1.54, 1.807) is 0 Å². The fourth-order valence-corrected chi connectivity index (χ4v) is 1.99. The van der Waals surface area contributed by atoms with E-state index < -0.39 is 11.1 Å². The highest BCUT2D eigenvalue weighted by molar-refractivity contribution is 8.22. The highest BCUT2D eigenvalue weighted by Crippen LogP contribution is 2.03. The zero-order chi connectivity index (χ0) is 10.1. The van der Waals surface area contributed by atoms with Crippen LogP contribution in [0.4, 0.5) is 0 Å². The molecule has 0 radical (unpaired) electrons. The van der Waals surface area contributed by atoms with Crippen molar-refractivity contribution in [3.63, 3.8) is 0 Å². The maximum atomic E-state index is 11.0. The van der Waals surface area contributed by atoms with Gasteiger partial charge in [0, 0.05) is 5.75 Å². The summed E-state index contributed by atoms with van der Waals surface area (Å²) in [6.07, 6.45) is 1.90. The maximum absolute atomic E-state index is 11.0. The van der Waals surface area contributed by atoms with Gasteiger partial charge < -0.3 is 0 Å². The molecule has 0 aliphatic rings. The molecule has 1 atom stereocenters. The van der Waals surface area contributed by atoms with Crippen molar-refractivity contribution < 1.29 is 8.49 Å². The molecule has 0 saturated heterocycles. The van der Waals surface area contributed by atoms with Crippen LogP contribution in [0.15, 0.2) is 0 Å². The van der Waals surface area contributed by atoms with E-state index in [1.165, 1.54) is 11.8 Å². The summed E-state index contributed by atoms with van der Waals surface area (Å²) in [5.41, 5.74) is 2.50. The Morgan fingerprint density at radius 1 is 1.54 bits per heavy atom. The number of rotatable bonds is 6. The predicted molar refractivity (Wildman–Crippen MR) is 62.9 cm³/mol. The fraction of sp³-hybridized carbons (Fsp3) is 0.857. The van der Waals surface area contributed by atoms with Gasteiger partial charge in [-0.25, -0.2) is 9.69 Å². The molecular weight excluding hydrogens is 226 g/mol. The zero-order valence-corrected chi connectivity index (χ0v) is 10.3. The first-order valence-corrected chi connectivity index (χ1v) is 6.83. The number of hydroxylamine groups is 1. The molecule has 0 aromatic rings. The Hall–Kier alpha value is 0.350. The van der Waals surface area contributed by atoms with Gasteiger partial charge in [0.1, 0.15) is 0 Å². The number of thiocarbonyl (C=S) groups is 1. The smallest absolute Gasteiger partial charge is 0.179 e. The lowest BCUT2D eigenvalue weighted by molar-refractivity contribution is 0.298. The van der Waals surface area contributed by atoms with Gasteiger partial charge in [-0.05, 0) is 12.8 Å². The molecule has 13 heavy (non-hydrogen) atoms. The van der Waals surface area contributed by atoms with E-state index in [0.29, 0.717) is 10.1 Å². The monoisotopic (exact) mass is 241 g/mol. The van der Waals surface area contributed by atoms with Crippen LogP contribution in [-0.4, -0.2) is 20.0 Å². The van der Waals surface area contributed by atoms with E-state index in [0.717, 1.165) is 18.6 Å². The number of nitrogens with one attached hydrogen (secondary N) is 1. The third-order valence-electron chi connectivity index (χ3n) is 1.03. The van der Waals surface area contributed by atoms with Crippen molar-refractivity contribution >= 4 is 39.4 Å². The lowest BCUT2D eigenvalue weighted by Crippen LogP contribution is -2.21. The summed E-state index contributed by atoms with van der Waals surface area (Å²) in [6.45, 7) is 4.02. The average molecular weight is 241 g/mol. The lowest BCUT2D eigenvalue weighted by Gasteiger charge is -2.04. The van der Waals surface area contributed by atoms with Crippen molar-refractivity contribution in [2.45, 2.75) is 26.7 Å². The highest BCUT2D eigenvalue weighted by atomic mass is 32.2. The zero-order valence-electron chi connectivity index (χ0n) is 7.87. The molecule has 6 heteroatoms. The van der Waals surface area contributed by atoms with Crippen LogP contribution >= 0.6 is 24.0 Å². The van der Waals surface area contributed by atoms with Crippen LogP contribution in [0.2, 0.25) is 0 Å². The topological polar surface area (TPSA) is 38.3 Å². The summed E-state index contributed by atoms with van der Waals surface area (Å²) < 4.78 is 16.3. The van der Waals surface area contributed by atoms with Crippen molar-refractivity contribution in [2.75, 3.05) is 11.5 Å². The third kappa shape index (κ3) is 8.67. The van der Waals surface area contributed by atoms with Crippen molar-refractivity contribution in [1.82, 2.24) is 5.48 Å². The van der Waals surface area contributed by atoms with Gasteiger partial charge in [-0.2, -0.15) is 4.28 Å². The Morgan fingerprint density at radius 2 is 2.23 bits per heavy atom. The first kappa shape index (κ1) is 13.4. The summed E-state index contributed by atoms with van der Waals surface area (Å²) >= 11 is 5.15. The second-order valence-corrected chi connectivity index (χ2v) is 5.28. The molecule has 0 heterocycles. The summed E-state index contributed by atoms with van der Waals surface area (Å²) in [6, 6.07) is 0. The molecule has 0 rings (SSSR count). The van der Waals surface area contributed by atoms with E-state index in [-0.39, 0.29) is 0 Å². The minimum absolute atomic E-state index is 0.536. The van der Waals surface area contributed by atoms with Crippen LogP contribution in [0, 0.1) is 0 Å². The molecule has 0 aromatic carbocycles. The van der Waals surface area contributed by atoms with E-state index >= 15 is 0 Å². The Labute approximate surface area is 91.6 Å². The Balaban J connectivity index is 3.40. The molecule has 0 amide bonds. The van der Waals surface area contributed by atoms with Gasteiger partial charge in [-0.15, -0.1) is 0 Å². The van der Waals surface area contributed by atoms with E-state index in [9.17, 15) is 4.21 Å². The Bertz CT molecular complexity index is 175. The molecule has 78 valence electrons. The van der Waals surface area contributed by atoms with E-state index in [1.807, 2.05) is 6.92 Å². The minimum Gasteiger partial charge on any atom is -0.234 e. The van der Waals surface area contributed by atoms with Gasteiger partial charge in [0.2, 0.25) is 0 Å². The molecule has 1 N–H and O–H groups in total. The van der Waals surface area contributed by atoms with Gasteiger partial charge in [0.05, 0.1) is 5.75 Å². The lowest BCUT2D eigenvalue weighted by atomic mass is 10.6. The fourth-order valence-electron chi connectivity index (χ4n) is 0.513. The average Bonchev–Trinajstić information content (AvgIpc) is 2.12. The summed E-state index contributed by atoms with van der Waals surface area (Å²) in [4.78, 5) is 0. The summed E-state index contributed by atoms with van der Waals surface area (Å²) in [5.74, 6) is 1.49. The molecule has 0 saturated carbocycles. The SMILES string of the molecule is CCCSC(=S)NOS(=O)CCC. The second-order valence-electron chi connectivity index (χ2n) is 2.33. The maximum Gasteiger partial charge on any atom is 0.179 e. The molecule has 0 aliphatic carbocycles. The van der Waals surface area contributed by atoms with E-state index in [4.69, 9.17) is 16.5 Å². The molecular formula is C7H15NO2S3. The molecule has 0 spiro atoms. The summed E-state index contributed by atoms with van der Waals surface area (Å²) in [7, 11) is 0. The van der Waals surface area contributed by atoms with Gasteiger partial charge in [0.15, 0.2) is 15.4 Å². The van der Waals surface area contributed by atoms with Crippen LogP contribution in [0.5, 0.6) is 0 Å². The van der Waals surface area contributed by atoms with Crippen LogP contribution in [-0.2, 0) is 15.4 Å². The van der Waals surface area contributed by atoms with Crippen molar-refractivity contribution in [2.24, 2.45) is 0 Å². The van der Waals surface area contributed by atoms with Crippen molar-refractivity contribution in [3.8, 4) is 0 Å². The van der Waals surface area contributed by atoms with Crippen LogP contribution in [0.1, 0.15) is 26.7 Å². The summed E-state index contributed by atoms with van der Waals surface area (Å²) in [5, 5.41) is 0. The standard InChI is InChI=1S/C7H15NO2S3/c1-3-5-12-7(11)8-10-13(9)6-4-2/h3-6H2,1-2H3,(H,8,11). The largest absolute Gasteiger partial charge is 0.234 e. The van der Waals surface area contributed by atoms with Gasteiger partial charge in [0.25, 0.3) is 0 Å². The molecule has 0 aromatic heterocycles. The number of thioether (sulfide) groups is 1. The van der Waals surface area contributed by atoms with Gasteiger partial charge in [-0.3, -0.25) is 0 Å². The highest BCUT2D eigenvalue weighted by Gasteiger charge is 2.00. The number of hydrogen-bond acceptors (Lipinski definition) is 4. The van der Waals surface area contributed by atoms with Crippen LogP contribution in [0.25, 0.3) is 0 Å². The van der Waals surface area contributed by atoms with Gasteiger partial charge in [-0.1, -0.05) is 37.8 Å². The molecule has 0 fully saturated rings. The van der Waals surface area contributed by atoms with Crippen LogP contribution < -0.4 is 5.48 Å². The van der Waals surface area contributed by atoms with Gasteiger partial charge >= 0.3 is 0 Å². The number of hydrogen-bond donors (Lipinski definition) is 1. The van der Waals surface area contributed by atoms with Crippen LogP contribution in [0.3, 0.4) is 0 Å². The Kier molecular flexibility index (Phi) is 9.17. The van der Waals surface area contributed by atoms with E-state index in [2.05, 4.69) is 12.4 Å². The molecule has 0 bridgehead atoms. The molecule has 3 nitrogen and oxygen atoms in total. The predicted octanol–water partition coefficient (Wildman–Crippen LogP) is 2.01. The quantitative estimate of drug-likeness (QED) is 0.569. The van der Waals surface area contributed by atoms with Crippen molar-refractivity contribution in [3.05, 3.63) is 0 Å². The minimum atomic E-state index is -1.26.